The van der Waals surface area contributed by atoms with Crippen LogP contribution in [0.3, 0.4) is 0 Å². The number of sulfonamides is 1. The van der Waals surface area contributed by atoms with Crippen molar-refractivity contribution < 1.29 is 17.9 Å². The summed E-state index contributed by atoms with van der Waals surface area (Å²) < 4.78 is 33.1. The van der Waals surface area contributed by atoms with E-state index in [1.54, 1.807) is 0 Å². The van der Waals surface area contributed by atoms with Gasteiger partial charge in [0.2, 0.25) is 10.0 Å². The minimum Gasteiger partial charge on any atom is -0.496 e. The van der Waals surface area contributed by atoms with Crippen LogP contribution in [-0.4, -0.2) is 59.1 Å². The number of piperidine rings is 1. The maximum atomic E-state index is 12.6. The molecule has 0 aliphatic carbocycles. The Morgan fingerprint density at radius 3 is 2.56 bits per heavy atom. The van der Waals surface area contributed by atoms with Crippen LogP contribution >= 0.6 is 0 Å². The molecule has 8 heteroatoms. The molecule has 0 radical (unpaired) electrons. The van der Waals surface area contributed by atoms with E-state index in [0.717, 1.165) is 32.4 Å². The maximum Gasteiger partial charge on any atom is 0.255 e. The molecule has 152 valence electrons. The fourth-order valence-electron chi connectivity index (χ4n) is 3.20. The summed E-state index contributed by atoms with van der Waals surface area (Å²) in [5.74, 6) is 0.538. The van der Waals surface area contributed by atoms with Gasteiger partial charge in [0.05, 0.1) is 17.6 Å². The van der Waals surface area contributed by atoms with Gasteiger partial charge >= 0.3 is 0 Å². The van der Waals surface area contributed by atoms with Crippen molar-refractivity contribution in [1.29, 1.82) is 0 Å². The molecule has 0 unspecified atom stereocenters. The first kappa shape index (κ1) is 21.7. The first-order chi connectivity index (χ1) is 12.7. The van der Waals surface area contributed by atoms with Gasteiger partial charge in [-0.25, -0.2) is 13.1 Å². The number of carbonyl (C=O) groups excluding carboxylic acids is 1. The van der Waals surface area contributed by atoms with Crippen molar-refractivity contribution in [3.05, 3.63) is 23.8 Å². The quantitative estimate of drug-likeness (QED) is 0.699. The third-order valence-electron chi connectivity index (χ3n) is 4.83. The highest BCUT2D eigenvalue weighted by molar-refractivity contribution is 7.89. The molecule has 1 heterocycles. The standard InChI is InChI=1S/C19H31N3O4S/c1-14(2)21-19(23)17-13-16(5-6-18(17)26-4)27(24,25)20-10-7-15-8-11-22(3)12-9-15/h5-6,13-15,20H,7-12H2,1-4H3,(H,21,23). The fraction of sp³-hybridized carbons (Fsp3) is 0.632. The van der Waals surface area contributed by atoms with Crippen molar-refractivity contribution in [3.8, 4) is 5.75 Å². The summed E-state index contributed by atoms with van der Waals surface area (Å²) in [6.45, 7) is 6.20. The predicted octanol–water partition coefficient (Wildman–Crippen LogP) is 1.84. The Bertz CT molecular complexity index is 741. The summed E-state index contributed by atoms with van der Waals surface area (Å²) in [5.41, 5.74) is 0.212. The molecule has 0 bridgehead atoms. The third-order valence-corrected chi connectivity index (χ3v) is 6.29. The Morgan fingerprint density at radius 1 is 1.30 bits per heavy atom. The van der Waals surface area contributed by atoms with Crippen LogP contribution in [0.5, 0.6) is 5.75 Å². The lowest BCUT2D eigenvalue weighted by Crippen LogP contribution is -2.33. The number of carbonyl (C=O) groups is 1. The highest BCUT2D eigenvalue weighted by atomic mass is 32.2. The largest absolute Gasteiger partial charge is 0.496 e. The minimum absolute atomic E-state index is 0.0601. The first-order valence-electron chi connectivity index (χ1n) is 9.40. The van der Waals surface area contributed by atoms with E-state index in [1.807, 2.05) is 13.8 Å². The van der Waals surface area contributed by atoms with Gasteiger partial charge in [-0.05, 0) is 77.4 Å². The van der Waals surface area contributed by atoms with Crippen LogP contribution in [-0.2, 0) is 10.0 Å². The van der Waals surface area contributed by atoms with Crippen molar-refractivity contribution in [2.45, 2.75) is 44.0 Å². The summed E-state index contributed by atoms with van der Waals surface area (Å²) in [6.07, 6.45) is 3.02. The lowest BCUT2D eigenvalue weighted by molar-refractivity contribution is 0.0940. The number of hydrogen-bond acceptors (Lipinski definition) is 5. The van der Waals surface area contributed by atoms with Crippen LogP contribution in [0.15, 0.2) is 23.1 Å². The van der Waals surface area contributed by atoms with Crippen LogP contribution < -0.4 is 14.8 Å². The summed E-state index contributed by atoms with van der Waals surface area (Å²) in [4.78, 5) is 14.7. The summed E-state index contributed by atoms with van der Waals surface area (Å²) >= 11 is 0. The van der Waals surface area contributed by atoms with E-state index in [4.69, 9.17) is 4.74 Å². The molecule has 1 saturated heterocycles. The molecule has 1 amide bonds. The number of nitrogens with zero attached hydrogens (tertiary/aromatic N) is 1. The van der Waals surface area contributed by atoms with Crippen LogP contribution in [0.1, 0.15) is 43.5 Å². The Labute approximate surface area is 162 Å². The molecule has 0 atom stereocenters. The summed E-state index contributed by atoms with van der Waals surface area (Å²) in [7, 11) is -0.117. The molecular weight excluding hydrogens is 366 g/mol. The summed E-state index contributed by atoms with van der Waals surface area (Å²) in [6, 6.07) is 4.29. The van der Waals surface area contributed by atoms with E-state index in [-0.39, 0.29) is 22.4 Å². The predicted molar refractivity (Wildman–Crippen MR) is 106 cm³/mol. The number of ether oxygens (including phenoxy) is 1. The van der Waals surface area contributed by atoms with E-state index < -0.39 is 10.0 Å². The second kappa shape index (κ2) is 9.52. The Hall–Kier alpha value is -1.64. The second-order valence-electron chi connectivity index (χ2n) is 7.42. The third kappa shape index (κ3) is 6.19. The maximum absolute atomic E-state index is 12.6. The van der Waals surface area contributed by atoms with Crippen molar-refractivity contribution in [3.63, 3.8) is 0 Å². The molecular formula is C19H31N3O4S. The normalized spacial score (nSPS) is 16.5. The number of rotatable bonds is 8. The monoisotopic (exact) mass is 397 g/mol. The molecule has 7 nitrogen and oxygen atoms in total. The minimum atomic E-state index is -3.68. The molecule has 1 aliphatic heterocycles. The second-order valence-corrected chi connectivity index (χ2v) is 9.19. The molecule has 1 aromatic rings. The molecule has 2 rings (SSSR count). The van der Waals surface area contributed by atoms with Gasteiger partial charge in [0.15, 0.2) is 0 Å². The number of methoxy groups -OCH3 is 1. The zero-order valence-corrected chi connectivity index (χ0v) is 17.4. The topological polar surface area (TPSA) is 87.7 Å². The zero-order chi connectivity index (χ0) is 20.0. The molecule has 1 fully saturated rings. The molecule has 0 spiro atoms. The van der Waals surface area contributed by atoms with E-state index in [9.17, 15) is 13.2 Å². The van der Waals surface area contributed by atoms with Gasteiger partial charge in [0.1, 0.15) is 5.75 Å². The number of amides is 1. The van der Waals surface area contributed by atoms with Gasteiger partial charge < -0.3 is 15.0 Å². The SMILES string of the molecule is COc1ccc(S(=O)(=O)NCCC2CCN(C)CC2)cc1C(=O)NC(C)C. The van der Waals surface area contributed by atoms with Crippen molar-refractivity contribution >= 4 is 15.9 Å². The molecule has 1 aliphatic rings. The van der Waals surface area contributed by atoms with Gasteiger partial charge in [-0.2, -0.15) is 0 Å². The number of likely N-dealkylation sites (tertiary alicyclic amines) is 1. The lowest BCUT2D eigenvalue weighted by atomic mass is 9.94. The van der Waals surface area contributed by atoms with E-state index >= 15 is 0 Å². The lowest BCUT2D eigenvalue weighted by Gasteiger charge is -2.28. The zero-order valence-electron chi connectivity index (χ0n) is 16.6. The van der Waals surface area contributed by atoms with E-state index in [0.29, 0.717) is 18.2 Å². The Morgan fingerprint density at radius 2 is 1.96 bits per heavy atom. The van der Waals surface area contributed by atoms with Crippen molar-refractivity contribution in [2.24, 2.45) is 5.92 Å². The smallest absolute Gasteiger partial charge is 0.255 e. The van der Waals surface area contributed by atoms with E-state index in [1.165, 1.54) is 25.3 Å². The van der Waals surface area contributed by atoms with Crippen LogP contribution in [0.2, 0.25) is 0 Å². The van der Waals surface area contributed by atoms with Gasteiger partial charge in [-0.1, -0.05) is 0 Å². The average Bonchev–Trinajstić information content (AvgIpc) is 2.62. The average molecular weight is 398 g/mol. The molecule has 0 aromatic heterocycles. The fourth-order valence-corrected chi connectivity index (χ4v) is 4.28. The number of nitrogens with one attached hydrogen (secondary N) is 2. The molecule has 2 N–H and O–H groups in total. The molecule has 0 saturated carbocycles. The molecule has 27 heavy (non-hydrogen) atoms. The van der Waals surface area contributed by atoms with Crippen molar-refractivity contribution in [2.75, 3.05) is 33.8 Å². The van der Waals surface area contributed by atoms with Crippen molar-refractivity contribution in [1.82, 2.24) is 14.9 Å². The highest BCUT2D eigenvalue weighted by Gasteiger charge is 2.21. The van der Waals surface area contributed by atoms with Gasteiger partial charge in [-0.3, -0.25) is 4.79 Å². The van der Waals surface area contributed by atoms with E-state index in [2.05, 4.69) is 22.0 Å². The number of hydrogen-bond donors (Lipinski definition) is 2. The van der Waals surface area contributed by atoms with Gasteiger partial charge in [0, 0.05) is 12.6 Å². The van der Waals surface area contributed by atoms with Gasteiger partial charge in [-0.15, -0.1) is 0 Å². The van der Waals surface area contributed by atoms with Crippen LogP contribution in [0.25, 0.3) is 0 Å². The Kier molecular flexibility index (Phi) is 7.64. The number of benzene rings is 1. The van der Waals surface area contributed by atoms with Crippen LogP contribution in [0, 0.1) is 5.92 Å². The first-order valence-corrected chi connectivity index (χ1v) is 10.9. The van der Waals surface area contributed by atoms with Crippen LogP contribution in [0.4, 0.5) is 0 Å². The molecule has 1 aromatic carbocycles. The van der Waals surface area contributed by atoms with Gasteiger partial charge in [0.25, 0.3) is 5.91 Å². The highest BCUT2D eigenvalue weighted by Crippen LogP contribution is 2.23. The summed E-state index contributed by atoms with van der Waals surface area (Å²) in [5, 5.41) is 2.76. The Balaban J connectivity index is 2.05.